The van der Waals surface area contributed by atoms with Crippen molar-refractivity contribution in [2.24, 2.45) is 0 Å². The van der Waals surface area contributed by atoms with Gasteiger partial charge in [0.1, 0.15) is 5.76 Å². The van der Waals surface area contributed by atoms with Gasteiger partial charge in [0.15, 0.2) is 0 Å². The van der Waals surface area contributed by atoms with E-state index in [-0.39, 0.29) is 22.7 Å². The highest BCUT2D eigenvalue weighted by Gasteiger charge is 2.07. The Kier molecular flexibility index (Phi) is 6.90. The van der Waals surface area contributed by atoms with Crippen molar-refractivity contribution in [2.45, 2.75) is 11.6 Å². The maximum Gasteiger partial charge on any atom is 0.281 e. The molecule has 1 heterocycles. The Morgan fingerprint density at radius 1 is 1.08 bits per heavy atom. The van der Waals surface area contributed by atoms with Gasteiger partial charge in [-0.3, -0.25) is 0 Å². The highest BCUT2D eigenvalue weighted by atomic mass is 79.9. The molecule has 4 nitrogen and oxygen atoms in total. The van der Waals surface area contributed by atoms with Crippen molar-refractivity contribution in [3.05, 3.63) is 82.0 Å². The Hall–Kier alpha value is -1.76. The van der Waals surface area contributed by atoms with Crippen LogP contribution < -0.4 is 17.0 Å². The summed E-state index contributed by atoms with van der Waals surface area (Å²) >= 11 is 6.99. The number of halogens is 2. The number of benzene rings is 2. The van der Waals surface area contributed by atoms with Crippen LogP contribution in [0.15, 0.2) is 69.6 Å². The number of rotatable bonds is 5. The average Bonchev–Trinajstić information content (AvgIpc) is 3.02. The molecule has 3 aromatic rings. The Balaban J connectivity index is 0.00000208. The van der Waals surface area contributed by atoms with Gasteiger partial charge < -0.3 is 26.5 Å². The van der Waals surface area contributed by atoms with E-state index in [2.05, 4.69) is 10.2 Å². The van der Waals surface area contributed by atoms with Gasteiger partial charge in [0.2, 0.25) is 5.89 Å². The van der Waals surface area contributed by atoms with Gasteiger partial charge in [-0.05, 0) is 41.6 Å². The monoisotopic (exact) mass is 423 g/mol. The Morgan fingerprint density at radius 3 is 2.50 bits per heavy atom. The van der Waals surface area contributed by atoms with Crippen LogP contribution in [0.4, 0.5) is 0 Å². The molecule has 0 amide bonds. The lowest BCUT2D eigenvalue weighted by atomic mass is 10.2. The van der Waals surface area contributed by atoms with E-state index in [9.17, 15) is 5.11 Å². The fourth-order valence-electron chi connectivity index (χ4n) is 1.92. The van der Waals surface area contributed by atoms with Gasteiger partial charge in [-0.2, -0.15) is 0 Å². The minimum atomic E-state index is 0. The lowest BCUT2D eigenvalue weighted by molar-refractivity contribution is -0.00000617. The van der Waals surface area contributed by atoms with Crippen LogP contribution in [0.25, 0.3) is 5.76 Å². The van der Waals surface area contributed by atoms with Gasteiger partial charge in [0.05, 0.1) is 6.42 Å². The molecule has 124 valence electrons. The molecule has 1 N–H and O–H groups in total. The second-order valence-electron chi connectivity index (χ2n) is 4.75. The van der Waals surface area contributed by atoms with Crippen molar-refractivity contribution < 1.29 is 26.5 Å². The van der Waals surface area contributed by atoms with Crippen molar-refractivity contribution in [1.29, 1.82) is 0 Å². The molecule has 0 atom stereocenters. The van der Waals surface area contributed by atoms with E-state index >= 15 is 0 Å². The lowest BCUT2D eigenvalue weighted by Gasteiger charge is -1.99. The first-order chi connectivity index (χ1) is 11.2. The summed E-state index contributed by atoms with van der Waals surface area (Å²) < 4.78 is 5.56. The van der Waals surface area contributed by atoms with E-state index in [0.29, 0.717) is 28.1 Å². The fraction of sp³-hybridized carbons (Fsp3) is 0.0588. The molecule has 0 radical (unpaired) electrons. The molecular formula is C17H13BrClN2O2S-. The van der Waals surface area contributed by atoms with E-state index in [1.165, 1.54) is 11.8 Å². The predicted molar refractivity (Wildman–Crippen MR) is 91.5 cm³/mol. The molecule has 0 saturated carbocycles. The van der Waals surface area contributed by atoms with Crippen LogP contribution in [0.5, 0.6) is 0 Å². The van der Waals surface area contributed by atoms with Crippen molar-refractivity contribution >= 4 is 29.1 Å². The summed E-state index contributed by atoms with van der Waals surface area (Å²) in [7, 11) is 0. The number of hydrogen-bond acceptors (Lipinski definition) is 5. The predicted octanol–water partition coefficient (Wildman–Crippen LogP) is 1.97. The van der Waals surface area contributed by atoms with Gasteiger partial charge in [-0.1, -0.05) is 41.9 Å². The molecule has 3 rings (SSSR count). The molecule has 0 bridgehead atoms. The first kappa shape index (κ1) is 18.6. The van der Waals surface area contributed by atoms with Crippen molar-refractivity contribution in [1.82, 2.24) is 10.2 Å². The zero-order chi connectivity index (χ0) is 16.1. The zero-order valence-corrected chi connectivity index (χ0v) is 15.6. The minimum Gasteiger partial charge on any atom is -1.00 e. The first-order valence-corrected chi connectivity index (χ1v) is 8.14. The molecule has 0 spiro atoms. The van der Waals surface area contributed by atoms with Crippen LogP contribution in [0, 0.1) is 0 Å². The SMILES string of the molecule is O/C(=C\Sc1nnc(Cc2ccccc2)o1)c1ccc(Cl)cc1.[Br-]. The smallest absolute Gasteiger partial charge is 0.281 e. The van der Waals surface area contributed by atoms with Crippen molar-refractivity contribution in [2.75, 3.05) is 0 Å². The second kappa shape index (κ2) is 8.92. The summed E-state index contributed by atoms with van der Waals surface area (Å²) in [5.74, 6) is 0.660. The Labute approximate surface area is 159 Å². The van der Waals surface area contributed by atoms with Gasteiger partial charge in [0, 0.05) is 16.0 Å². The van der Waals surface area contributed by atoms with E-state index < -0.39 is 0 Å². The van der Waals surface area contributed by atoms with Crippen molar-refractivity contribution in [3.8, 4) is 0 Å². The maximum absolute atomic E-state index is 10.0. The second-order valence-corrected chi connectivity index (χ2v) is 6.01. The molecular weight excluding hydrogens is 412 g/mol. The topological polar surface area (TPSA) is 59.2 Å². The molecule has 0 fully saturated rings. The first-order valence-electron chi connectivity index (χ1n) is 6.89. The third kappa shape index (κ3) is 5.12. The molecule has 1 aromatic heterocycles. The average molecular weight is 425 g/mol. The molecule has 0 aliphatic heterocycles. The van der Waals surface area contributed by atoms with Gasteiger partial charge >= 0.3 is 0 Å². The molecule has 24 heavy (non-hydrogen) atoms. The largest absolute Gasteiger partial charge is 1.00 e. The molecule has 0 unspecified atom stereocenters. The normalized spacial score (nSPS) is 11.1. The summed E-state index contributed by atoms with van der Waals surface area (Å²) in [6.07, 6.45) is 0.585. The number of thioether (sulfide) groups is 1. The van der Waals surface area contributed by atoms with E-state index in [4.69, 9.17) is 16.0 Å². The third-order valence-electron chi connectivity index (χ3n) is 3.06. The highest BCUT2D eigenvalue weighted by Crippen LogP contribution is 2.24. The van der Waals surface area contributed by atoms with Crippen LogP contribution in [0.3, 0.4) is 0 Å². The summed E-state index contributed by atoms with van der Waals surface area (Å²) in [4.78, 5) is 0. The van der Waals surface area contributed by atoms with Gasteiger partial charge in [-0.15, -0.1) is 10.2 Å². The minimum absolute atomic E-state index is 0. The summed E-state index contributed by atoms with van der Waals surface area (Å²) in [5.41, 5.74) is 1.78. The zero-order valence-electron chi connectivity index (χ0n) is 12.4. The van der Waals surface area contributed by atoms with Crippen molar-refractivity contribution in [3.63, 3.8) is 0 Å². The van der Waals surface area contributed by atoms with Crippen LogP contribution in [0.1, 0.15) is 17.0 Å². The number of aromatic nitrogens is 2. The van der Waals surface area contributed by atoms with E-state index in [1.807, 2.05) is 30.3 Å². The molecule has 7 heteroatoms. The molecule has 2 aromatic carbocycles. The molecule has 0 saturated heterocycles. The van der Waals surface area contributed by atoms with Crippen LogP contribution in [0.2, 0.25) is 5.02 Å². The van der Waals surface area contributed by atoms with E-state index in [1.54, 1.807) is 29.7 Å². The lowest BCUT2D eigenvalue weighted by Crippen LogP contribution is -3.00. The Bertz CT molecular complexity index is 807. The number of hydrogen-bond donors (Lipinski definition) is 1. The summed E-state index contributed by atoms with van der Waals surface area (Å²) in [6.45, 7) is 0. The van der Waals surface area contributed by atoms with Crippen LogP contribution in [-0.4, -0.2) is 15.3 Å². The summed E-state index contributed by atoms with van der Waals surface area (Å²) in [5, 5.41) is 20.6. The number of aliphatic hydroxyl groups excluding tert-OH is 1. The molecule has 0 aliphatic rings. The number of nitrogens with zero attached hydrogens (tertiary/aromatic N) is 2. The fourth-order valence-corrected chi connectivity index (χ4v) is 2.63. The van der Waals surface area contributed by atoms with Crippen LogP contribution in [-0.2, 0) is 6.42 Å². The number of aliphatic hydroxyl groups is 1. The Morgan fingerprint density at radius 2 is 1.79 bits per heavy atom. The van der Waals surface area contributed by atoms with Crippen LogP contribution >= 0.6 is 23.4 Å². The summed E-state index contributed by atoms with van der Waals surface area (Å²) in [6, 6.07) is 16.8. The highest BCUT2D eigenvalue weighted by molar-refractivity contribution is 8.02. The standard InChI is InChI=1S/C17H13ClN2O2S.BrH/c18-14-8-6-13(7-9-14)15(21)11-23-17-20-19-16(22-17)10-12-4-2-1-3-5-12;/h1-9,11,21H,10H2;1H/p-1/b15-11-;. The molecule has 0 aliphatic carbocycles. The quantitative estimate of drug-likeness (QED) is 0.501. The maximum atomic E-state index is 10.0. The van der Waals surface area contributed by atoms with Gasteiger partial charge in [-0.25, -0.2) is 0 Å². The van der Waals surface area contributed by atoms with E-state index in [0.717, 1.165) is 5.56 Å². The van der Waals surface area contributed by atoms with Gasteiger partial charge in [0.25, 0.3) is 5.22 Å². The third-order valence-corrected chi connectivity index (χ3v) is 4.02.